The van der Waals surface area contributed by atoms with Crippen LogP contribution in [-0.2, 0) is 6.18 Å². The standard InChI is InChI=1S/C15H19F3N4O/c1-3-4-5-6-7-19-14(23)11-9-13-20-10(2)8-12(15(16,17)18)22(13)21-11/h8-9H,3-7H2,1-2H3,(H,19,23). The Bertz CT molecular complexity index is 694. The first kappa shape index (κ1) is 17.2. The first-order chi connectivity index (χ1) is 10.8. The number of halogens is 3. The molecule has 0 aliphatic rings. The van der Waals surface area contributed by atoms with Crippen molar-refractivity contribution in [2.24, 2.45) is 0 Å². The number of hydrogen-bond acceptors (Lipinski definition) is 3. The van der Waals surface area contributed by atoms with Crippen LogP contribution in [-0.4, -0.2) is 27.0 Å². The number of amides is 1. The highest BCUT2D eigenvalue weighted by molar-refractivity contribution is 5.93. The summed E-state index contributed by atoms with van der Waals surface area (Å²) in [5, 5.41) is 6.43. The van der Waals surface area contributed by atoms with E-state index in [1.54, 1.807) is 0 Å². The number of unbranched alkanes of at least 4 members (excludes halogenated alkanes) is 3. The van der Waals surface area contributed by atoms with Crippen LogP contribution in [0.5, 0.6) is 0 Å². The normalized spacial score (nSPS) is 11.9. The molecule has 2 heterocycles. The van der Waals surface area contributed by atoms with Crippen molar-refractivity contribution in [3.63, 3.8) is 0 Å². The van der Waals surface area contributed by atoms with E-state index in [4.69, 9.17) is 0 Å². The molecule has 2 rings (SSSR count). The van der Waals surface area contributed by atoms with Gasteiger partial charge in [-0.1, -0.05) is 26.2 Å². The number of rotatable bonds is 6. The van der Waals surface area contributed by atoms with Crippen LogP contribution >= 0.6 is 0 Å². The third kappa shape index (κ3) is 4.20. The van der Waals surface area contributed by atoms with E-state index < -0.39 is 17.8 Å². The zero-order valence-corrected chi connectivity index (χ0v) is 13.1. The zero-order chi connectivity index (χ0) is 17.0. The van der Waals surface area contributed by atoms with E-state index in [1.807, 2.05) is 0 Å². The Hall–Kier alpha value is -2.12. The maximum atomic E-state index is 13.0. The highest BCUT2D eigenvalue weighted by atomic mass is 19.4. The van der Waals surface area contributed by atoms with Crippen molar-refractivity contribution in [1.82, 2.24) is 19.9 Å². The van der Waals surface area contributed by atoms with E-state index in [1.165, 1.54) is 13.0 Å². The average Bonchev–Trinajstić information content (AvgIpc) is 2.88. The molecule has 0 aliphatic carbocycles. The fraction of sp³-hybridized carbons (Fsp3) is 0.533. The molecule has 0 fully saturated rings. The lowest BCUT2D eigenvalue weighted by molar-refractivity contribution is -0.142. The minimum Gasteiger partial charge on any atom is -0.351 e. The molecule has 1 amide bonds. The van der Waals surface area contributed by atoms with Crippen molar-refractivity contribution in [3.8, 4) is 0 Å². The first-order valence-corrected chi connectivity index (χ1v) is 7.55. The number of aromatic nitrogens is 3. The number of fused-ring (bicyclic) bond motifs is 1. The Kier molecular flexibility index (Phi) is 5.23. The lowest BCUT2D eigenvalue weighted by atomic mass is 10.2. The summed E-state index contributed by atoms with van der Waals surface area (Å²) in [6.07, 6.45) is -0.557. The van der Waals surface area contributed by atoms with E-state index in [-0.39, 0.29) is 17.0 Å². The summed E-state index contributed by atoms with van der Waals surface area (Å²) in [7, 11) is 0. The lowest BCUT2D eigenvalue weighted by Gasteiger charge is -2.09. The van der Waals surface area contributed by atoms with Crippen LogP contribution < -0.4 is 5.32 Å². The highest BCUT2D eigenvalue weighted by Crippen LogP contribution is 2.29. The molecule has 0 atom stereocenters. The number of carbonyl (C=O) groups is 1. The Balaban J connectivity index is 2.18. The fourth-order valence-corrected chi connectivity index (χ4v) is 2.26. The average molecular weight is 328 g/mol. The minimum atomic E-state index is -4.56. The largest absolute Gasteiger partial charge is 0.433 e. The monoisotopic (exact) mass is 328 g/mol. The van der Waals surface area contributed by atoms with Crippen LogP contribution in [0.25, 0.3) is 5.65 Å². The first-order valence-electron chi connectivity index (χ1n) is 7.55. The predicted octanol–water partition coefficient (Wildman–Crippen LogP) is 3.37. The van der Waals surface area contributed by atoms with Gasteiger partial charge in [-0.25, -0.2) is 9.50 Å². The van der Waals surface area contributed by atoms with E-state index in [0.29, 0.717) is 11.1 Å². The molecule has 2 aromatic heterocycles. The van der Waals surface area contributed by atoms with Crippen molar-refractivity contribution in [2.45, 2.75) is 45.7 Å². The third-order valence-electron chi connectivity index (χ3n) is 3.39. The van der Waals surface area contributed by atoms with E-state index in [2.05, 4.69) is 22.3 Å². The summed E-state index contributed by atoms with van der Waals surface area (Å²) >= 11 is 0. The second-order valence-electron chi connectivity index (χ2n) is 5.40. The number of nitrogens with zero attached hydrogens (tertiary/aromatic N) is 3. The van der Waals surface area contributed by atoms with E-state index in [9.17, 15) is 18.0 Å². The third-order valence-corrected chi connectivity index (χ3v) is 3.39. The molecule has 2 aromatic rings. The maximum absolute atomic E-state index is 13.0. The summed E-state index contributed by atoms with van der Waals surface area (Å²) in [5.41, 5.74) is -0.782. The van der Waals surface area contributed by atoms with Gasteiger partial charge in [0.25, 0.3) is 5.91 Å². The molecule has 0 aliphatic heterocycles. The van der Waals surface area contributed by atoms with E-state index in [0.717, 1.165) is 31.7 Å². The summed E-state index contributed by atoms with van der Waals surface area (Å²) in [6.45, 7) is 4.03. The second-order valence-corrected chi connectivity index (χ2v) is 5.40. The molecule has 0 unspecified atom stereocenters. The quantitative estimate of drug-likeness (QED) is 0.827. The van der Waals surface area contributed by atoms with Gasteiger partial charge < -0.3 is 5.32 Å². The molecule has 0 radical (unpaired) electrons. The van der Waals surface area contributed by atoms with Gasteiger partial charge >= 0.3 is 6.18 Å². The molecule has 0 bridgehead atoms. The molecule has 0 saturated heterocycles. The molecule has 1 N–H and O–H groups in total. The summed E-state index contributed by atoms with van der Waals surface area (Å²) in [5.74, 6) is -0.488. The zero-order valence-electron chi connectivity index (χ0n) is 13.1. The molecule has 23 heavy (non-hydrogen) atoms. The highest BCUT2D eigenvalue weighted by Gasteiger charge is 2.35. The smallest absolute Gasteiger partial charge is 0.351 e. The van der Waals surface area contributed by atoms with Gasteiger partial charge in [0.2, 0.25) is 0 Å². The van der Waals surface area contributed by atoms with Gasteiger partial charge in [0, 0.05) is 18.3 Å². The summed E-state index contributed by atoms with van der Waals surface area (Å²) in [6, 6.07) is 2.18. The van der Waals surface area contributed by atoms with Crippen molar-refractivity contribution in [3.05, 3.63) is 29.2 Å². The van der Waals surface area contributed by atoms with Gasteiger partial charge in [-0.15, -0.1) is 0 Å². The molecule has 0 saturated carbocycles. The van der Waals surface area contributed by atoms with Crippen molar-refractivity contribution in [1.29, 1.82) is 0 Å². The van der Waals surface area contributed by atoms with Gasteiger partial charge in [-0.2, -0.15) is 18.3 Å². The molecule has 5 nitrogen and oxygen atoms in total. The Morgan fingerprint density at radius 3 is 2.65 bits per heavy atom. The topological polar surface area (TPSA) is 59.3 Å². The molecule has 0 aromatic carbocycles. The van der Waals surface area contributed by atoms with Crippen molar-refractivity contribution >= 4 is 11.6 Å². The number of alkyl halides is 3. The molecule has 126 valence electrons. The van der Waals surface area contributed by atoms with Gasteiger partial charge in [-0.05, 0) is 19.4 Å². The van der Waals surface area contributed by atoms with Gasteiger partial charge in [0.05, 0.1) is 0 Å². The fourth-order valence-electron chi connectivity index (χ4n) is 2.26. The van der Waals surface area contributed by atoms with Crippen LogP contribution in [0, 0.1) is 6.92 Å². The Labute approximate surface area is 131 Å². The lowest BCUT2D eigenvalue weighted by Crippen LogP contribution is -2.25. The maximum Gasteiger partial charge on any atom is 0.433 e. The van der Waals surface area contributed by atoms with Crippen LogP contribution in [0.3, 0.4) is 0 Å². The van der Waals surface area contributed by atoms with Crippen LogP contribution in [0.4, 0.5) is 13.2 Å². The second kappa shape index (κ2) is 6.97. The minimum absolute atomic E-state index is 0.00783. The SMILES string of the molecule is CCCCCCNC(=O)c1cc2nc(C)cc(C(F)(F)F)n2n1. The van der Waals surface area contributed by atoms with Crippen LogP contribution in [0.2, 0.25) is 0 Å². The molecule has 8 heteroatoms. The number of nitrogens with one attached hydrogen (secondary N) is 1. The number of hydrogen-bond donors (Lipinski definition) is 1. The van der Waals surface area contributed by atoms with Gasteiger partial charge in [0.1, 0.15) is 5.69 Å². The van der Waals surface area contributed by atoms with Crippen LogP contribution in [0.1, 0.15) is 54.5 Å². The Morgan fingerprint density at radius 1 is 1.26 bits per heavy atom. The number of aryl methyl sites for hydroxylation is 1. The van der Waals surface area contributed by atoms with E-state index >= 15 is 0 Å². The van der Waals surface area contributed by atoms with Crippen LogP contribution in [0.15, 0.2) is 12.1 Å². The van der Waals surface area contributed by atoms with Crippen molar-refractivity contribution < 1.29 is 18.0 Å². The van der Waals surface area contributed by atoms with Gasteiger partial charge in [-0.3, -0.25) is 4.79 Å². The molecular formula is C15H19F3N4O. The Morgan fingerprint density at radius 2 is 2.00 bits per heavy atom. The predicted molar refractivity (Wildman–Crippen MR) is 79.2 cm³/mol. The van der Waals surface area contributed by atoms with Crippen molar-refractivity contribution in [2.75, 3.05) is 6.54 Å². The molecular weight excluding hydrogens is 309 g/mol. The summed E-state index contributed by atoms with van der Waals surface area (Å²) < 4.78 is 39.8. The summed E-state index contributed by atoms with van der Waals surface area (Å²) in [4.78, 5) is 16.0. The van der Waals surface area contributed by atoms with Gasteiger partial charge in [0.15, 0.2) is 11.3 Å². The molecule has 0 spiro atoms. The number of carbonyl (C=O) groups excluding carboxylic acids is 1.